The monoisotopic (exact) mass is 406 g/mol. The maximum atomic E-state index is 12.9. The van der Waals surface area contributed by atoms with E-state index >= 15 is 0 Å². The lowest BCUT2D eigenvalue weighted by atomic mass is 9.94. The van der Waals surface area contributed by atoms with Gasteiger partial charge in [-0.2, -0.15) is 0 Å². The highest BCUT2D eigenvalue weighted by Crippen LogP contribution is 2.32. The van der Waals surface area contributed by atoms with E-state index in [-0.39, 0.29) is 17.9 Å². The first-order valence-corrected chi connectivity index (χ1v) is 9.94. The number of nitrogens with two attached hydrogens (primary N) is 1. The van der Waals surface area contributed by atoms with Gasteiger partial charge in [0.05, 0.1) is 11.1 Å². The maximum Gasteiger partial charge on any atom is 0.323 e. The van der Waals surface area contributed by atoms with Crippen molar-refractivity contribution in [1.82, 2.24) is 4.90 Å². The number of nitrogens with one attached hydrogen (secondary N) is 2. The van der Waals surface area contributed by atoms with Crippen LogP contribution in [-0.4, -0.2) is 34.7 Å². The molecule has 8 nitrogen and oxygen atoms in total. The van der Waals surface area contributed by atoms with Crippen LogP contribution in [0.1, 0.15) is 63.2 Å². The van der Waals surface area contributed by atoms with Crippen molar-refractivity contribution in [2.24, 2.45) is 5.73 Å². The van der Waals surface area contributed by atoms with Gasteiger partial charge in [-0.05, 0) is 55.3 Å². The number of carbonyl (C=O) groups excluding carboxylic acids is 4. The molecule has 0 radical (unpaired) electrons. The van der Waals surface area contributed by atoms with Gasteiger partial charge in [-0.3, -0.25) is 19.3 Å². The van der Waals surface area contributed by atoms with Crippen molar-refractivity contribution in [3.8, 4) is 0 Å². The SMILES string of the molecule is NC(=O)c1ccc(NC(=O)Nc2ccc3c(c2)C(=O)N(C2CCCCC2)C3=O)cc1. The van der Waals surface area contributed by atoms with E-state index in [1.54, 1.807) is 24.3 Å². The van der Waals surface area contributed by atoms with E-state index in [1.807, 2.05) is 0 Å². The molecule has 5 amide bonds. The molecule has 0 spiro atoms. The number of primary amides is 1. The van der Waals surface area contributed by atoms with Crippen LogP contribution in [0.3, 0.4) is 0 Å². The van der Waals surface area contributed by atoms with E-state index in [1.165, 1.54) is 23.1 Å². The van der Waals surface area contributed by atoms with Crippen molar-refractivity contribution in [3.05, 3.63) is 59.2 Å². The Labute approximate surface area is 173 Å². The summed E-state index contributed by atoms with van der Waals surface area (Å²) in [6.07, 6.45) is 4.85. The molecular formula is C22H22N4O4. The van der Waals surface area contributed by atoms with Crippen LogP contribution in [0.25, 0.3) is 0 Å². The number of rotatable bonds is 4. The van der Waals surface area contributed by atoms with E-state index in [2.05, 4.69) is 10.6 Å². The average Bonchev–Trinajstić information content (AvgIpc) is 2.99. The lowest BCUT2D eigenvalue weighted by molar-refractivity contribution is 0.0548. The molecule has 0 aromatic heterocycles. The quantitative estimate of drug-likeness (QED) is 0.674. The summed E-state index contributed by atoms with van der Waals surface area (Å²) in [7, 11) is 0. The molecule has 2 aromatic rings. The van der Waals surface area contributed by atoms with Crippen LogP contribution in [0.15, 0.2) is 42.5 Å². The Bertz CT molecular complexity index is 1030. The van der Waals surface area contributed by atoms with Gasteiger partial charge in [0.2, 0.25) is 5.91 Å². The normalized spacial score (nSPS) is 16.3. The highest BCUT2D eigenvalue weighted by atomic mass is 16.2. The van der Waals surface area contributed by atoms with Gasteiger partial charge in [0, 0.05) is 23.0 Å². The smallest absolute Gasteiger partial charge is 0.323 e. The zero-order valence-electron chi connectivity index (χ0n) is 16.3. The number of nitrogens with zero attached hydrogens (tertiary/aromatic N) is 1. The summed E-state index contributed by atoms with van der Waals surface area (Å²) in [4.78, 5) is 50.4. The third kappa shape index (κ3) is 3.76. The van der Waals surface area contributed by atoms with Crippen molar-refractivity contribution < 1.29 is 19.2 Å². The molecule has 2 aromatic carbocycles. The molecule has 0 atom stereocenters. The van der Waals surface area contributed by atoms with E-state index in [0.29, 0.717) is 28.1 Å². The number of carbonyl (C=O) groups is 4. The molecule has 0 bridgehead atoms. The standard InChI is InChI=1S/C22H22N4O4/c23-19(27)13-6-8-14(9-7-13)24-22(30)25-15-10-11-17-18(12-15)21(29)26(20(17)28)16-4-2-1-3-5-16/h6-12,16H,1-5H2,(H2,23,27)(H2,24,25,30). The number of benzene rings is 2. The largest absolute Gasteiger partial charge is 0.366 e. The Morgan fingerprint density at radius 3 is 2.10 bits per heavy atom. The number of imide groups is 1. The van der Waals surface area contributed by atoms with Gasteiger partial charge in [0.1, 0.15) is 0 Å². The molecule has 0 unspecified atom stereocenters. The fourth-order valence-corrected chi connectivity index (χ4v) is 4.02. The molecule has 154 valence electrons. The van der Waals surface area contributed by atoms with Crippen molar-refractivity contribution in [2.45, 2.75) is 38.1 Å². The second-order valence-electron chi connectivity index (χ2n) is 7.55. The minimum atomic E-state index is -0.550. The molecule has 1 aliphatic carbocycles. The fraction of sp³-hybridized carbons (Fsp3) is 0.273. The second kappa shape index (κ2) is 7.98. The van der Waals surface area contributed by atoms with Gasteiger partial charge < -0.3 is 16.4 Å². The van der Waals surface area contributed by atoms with Crippen LogP contribution >= 0.6 is 0 Å². The third-order valence-electron chi connectivity index (χ3n) is 5.54. The van der Waals surface area contributed by atoms with E-state index in [0.717, 1.165) is 32.1 Å². The summed E-state index contributed by atoms with van der Waals surface area (Å²) >= 11 is 0. The van der Waals surface area contributed by atoms with Crippen LogP contribution in [0.4, 0.5) is 16.2 Å². The molecule has 2 aliphatic rings. The zero-order chi connectivity index (χ0) is 21.3. The van der Waals surface area contributed by atoms with Crippen molar-refractivity contribution in [2.75, 3.05) is 10.6 Å². The Morgan fingerprint density at radius 1 is 0.833 bits per heavy atom. The third-order valence-corrected chi connectivity index (χ3v) is 5.54. The van der Waals surface area contributed by atoms with Crippen LogP contribution in [-0.2, 0) is 0 Å². The Morgan fingerprint density at radius 2 is 1.43 bits per heavy atom. The van der Waals surface area contributed by atoms with Crippen molar-refractivity contribution in [3.63, 3.8) is 0 Å². The molecule has 8 heteroatoms. The number of urea groups is 1. The first-order valence-electron chi connectivity index (χ1n) is 9.94. The number of hydrogen-bond donors (Lipinski definition) is 3. The number of hydrogen-bond acceptors (Lipinski definition) is 4. The fourth-order valence-electron chi connectivity index (χ4n) is 4.02. The molecule has 4 N–H and O–H groups in total. The average molecular weight is 406 g/mol. The minimum absolute atomic E-state index is 0.0470. The molecule has 0 saturated heterocycles. The molecule has 30 heavy (non-hydrogen) atoms. The summed E-state index contributed by atoms with van der Waals surface area (Å²) in [5.41, 5.74) is 7.11. The van der Waals surface area contributed by atoms with Gasteiger partial charge in [-0.1, -0.05) is 19.3 Å². The molecule has 4 rings (SSSR count). The van der Waals surface area contributed by atoms with Crippen LogP contribution < -0.4 is 16.4 Å². The molecule has 1 saturated carbocycles. The lowest BCUT2D eigenvalue weighted by Crippen LogP contribution is -2.40. The summed E-state index contributed by atoms with van der Waals surface area (Å²) in [5.74, 6) is -1.11. The highest BCUT2D eigenvalue weighted by molar-refractivity contribution is 6.22. The maximum absolute atomic E-state index is 12.9. The predicted octanol–water partition coefficient (Wildman–Crippen LogP) is 3.36. The predicted molar refractivity (Wildman–Crippen MR) is 111 cm³/mol. The Balaban J connectivity index is 1.45. The molecular weight excluding hydrogens is 384 g/mol. The topological polar surface area (TPSA) is 122 Å². The zero-order valence-corrected chi connectivity index (χ0v) is 16.3. The highest BCUT2D eigenvalue weighted by Gasteiger charge is 2.40. The Kier molecular flexibility index (Phi) is 5.22. The Hall–Kier alpha value is -3.68. The van der Waals surface area contributed by atoms with Crippen LogP contribution in [0.5, 0.6) is 0 Å². The molecule has 1 heterocycles. The summed E-state index contributed by atoms with van der Waals surface area (Å²) < 4.78 is 0. The van der Waals surface area contributed by atoms with Gasteiger partial charge in [0.25, 0.3) is 11.8 Å². The minimum Gasteiger partial charge on any atom is -0.366 e. The van der Waals surface area contributed by atoms with Gasteiger partial charge in [-0.15, -0.1) is 0 Å². The number of anilines is 2. The molecule has 1 fully saturated rings. The number of amides is 5. The van der Waals surface area contributed by atoms with Crippen molar-refractivity contribution >= 4 is 35.1 Å². The first-order chi connectivity index (χ1) is 14.4. The van der Waals surface area contributed by atoms with Crippen LogP contribution in [0, 0.1) is 0 Å². The summed E-state index contributed by atoms with van der Waals surface area (Å²) in [6.45, 7) is 0. The van der Waals surface area contributed by atoms with E-state index in [4.69, 9.17) is 5.73 Å². The van der Waals surface area contributed by atoms with Crippen LogP contribution in [0.2, 0.25) is 0 Å². The van der Waals surface area contributed by atoms with E-state index < -0.39 is 11.9 Å². The van der Waals surface area contributed by atoms with Gasteiger partial charge in [0.15, 0.2) is 0 Å². The van der Waals surface area contributed by atoms with E-state index in [9.17, 15) is 19.2 Å². The molecule has 1 aliphatic heterocycles. The van der Waals surface area contributed by atoms with Gasteiger partial charge in [-0.25, -0.2) is 4.79 Å². The first kappa shape index (κ1) is 19.6. The number of fused-ring (bicyclic) bond motifs is 1. The van der Waals surface area contributed by atoms with Gasteiger partial charge >= 0.3 is 6.03 Å². The summed E-state index contributed by atoms with van der Waals surface area (Å²) in [6, 6.07) is 10.3. The summed E-state index contributed by atoms with van der Waals surface area (Å²) in [5, 5.41) is 5.30. The van der Waals surface area contributed by atoms with Crippen molar-refractivity contribution in [1.29, 1.82) is 0 Å². The lowest BCUT2D eigenvalue weighted by Gasteiger charge is -2.29. The second-order valence-corrected chi connectivity index (χ2v) is 7.55.